The van der Waals surface area contributed by atoms with Gasteiger partial charge >= 0.3 is 0 Å². The van der Waals surface area contributed by atoms with Crippen molar-refractivity contribution < 1.29 is 9.72 Å². The number of nitrogens with two attached hydrogens (primary N) is 1. The molecular formula is C23H31N3O3. The molecule has 0 radical (unpaired) electrons. The fourth-order valence-corrected chi connectivity index (χ4v) is 3.48. The molecule has 0 aliphatic heterocycles. The molecule has 0 aliphatic rings. The zero-order valence-corrected chi connectivity index (χ0v) is 17.5. The maximum Gasteiger partial charge on any atom is 0.269 e. The van der Waals surface area contributed by atoms with Crippen LogP contribution in [0.5, 0.6) is 0 Å². The molecule has 1 atom stereocenters. The summed E-state index contributed by atoms with van der Waals surface area (Å²) in [5.74, 6) is -0.133. The van der Waals surface area contributed by atoms with Crippen molar-refractivity contribution in [3.05, 3.63) is 75.8 Å². The molecule has 0 saturated carbocycles. The summed E-state index contributed by atoms with van der Waals surface area (Å²) in [6, 6.07) is 15.6. The zero-order valence-electron chi connectivity index (χ0n) is 17.5. The molecule has 0 spiro atoms. The Morgan fingerprint density at radius 2 is 1.69 bits per heavy atom. The number of amides is 1. The first-order valence-electron chi connectivity index (χ1n) is 10.2. The lowest BCUT2D eigenvalue weighted by Gasteiger charge is -2.32. The van der Waals surface area contributed by atoms with E-state index in [4.69, 9.17) is 5.73 Å². The number of non-ortho nitro benzene ring substituents is 1. The minimum Gasteiger partial charge on any atom is -0.332 e. The molecular weight excluding hydrogens is 366 g/mol. The van der Waals surface area contributed by atoms with Gasteiger partial charge in [-0.3, -0.25) is 14.9 Å². The van der Waals surface area contributed by atoms with Crippen LogP contribution in [0.2, 0.25) is 0 Å². The number of hydrogen-bond acceptors (Lipinski definition) is 4. The molecule has 0 heterocycles. The highest BCUT2D eigenvalue weighted by Crippen LogP contribution is 2.25. The van der Waals surface area contributed by atoms with Gasteiger partial charge in [-0.1, -0.05) is 44.2 Å². The third kappa shape index (κ3) is 5.87. The molecule has 6 nitrogen and oxygen atoms in total. The molecule has 0 aliphatic carbocycles. The fourth-order valence-electron chi connectivity index (χ4n) is 3.48. The molecule has 0 aromatic heterocycles. The Balaban J connectivity index is 2.23. The number of nitro benzene ring substituents is 1. The van der Waals surface area contributed by atoms with E-state index in [0.717, 1.165) is 31.2 Å². The molecule has 0 saturated heterocycles. The number of benzene rings is 2. The van der Waals surface area contributed by atoms with Gasteiger partial charge in [0, 0.05) is 29.8 Å². The second kappa shape index (κ2) is 10.2. The third-order valence-electron chi connectivity index (χ3n) is 5.82. The molecule has 0 fully saturated rings. The van der Waals surface area contributed by atoms with E-state index in [1.807, 2.05) is 42.2 Å². The maximum absolute atomic E-state index is 13.3. The number of carbonyl (C=O) groups excluding carboxylic acids is 1. The normalized spacial score (nSPS) is 12.4. The minimum atomic E-state index is -0.463. The van der Waals surface area contributed by atoms with Crippen molar-refractivity contribution in [3.63, 3.8) is 0 Å². The van der Waals surface area contributed by atoms with Crippen LogP contribution in [0.15, 0.2) is 54.6 Å². The number of nitro groups is 1. The molecule has 2 rings (SSSR count). The first-order chi connectivity index (χ1) is 13.8. The fraction of sp³-hybridized carbons (Fsp3) is 0.435. The Morgan fingerprint density at radius 3 is 2.21 bits per heavy atom. The van der Waals surface area contributed by atoms with Crippen LogP contribution in [-0.4, -0.2) is 27.8 Å². The Labute approximate surface area is 172 Å². The quantitative estimate of drug-likeness (QED) is 0.446. The lowest BCUT2D eigenvalue weighted by Crippen LogP contribution is -2.40. The Kier molecular flexibility index (Phi) is 7.91. The van der Waals surface area contributed by atoms with Crippen molar-refractivity contribution in [1.29, 1.82) is 0 Å². The van der Waals surface area contributed by atoms with Gasteiger partial charge in [0.2, 0.25) is 0 Å². The summed E-state index contributed by atoms with van der Waals surface area (Å²) in [4.78, 5) is 25.5. The molecule has 0 bridgehead atoms. The predicted molar refractivity (Wildman–Crippen MR) is 116 cm³/mol. The minimum absolute atomic E-state index is 0.0250. The summed E-state index contributed by atoms with van der Waals surface area (Å²) < 4.78 is 0. The van der Waals surface area contributed by atoms with Crippen LogP contribution in [-0.2, 0) is 0 Å². The number of carbonyl (C=O) groups is 1. The van der Waals surface area contributed by atoms with Gasteiger partial charge in [-0.25, -0.2) is 0 Å². The van der Waals surface area contributed by atoms with Gasteiger partial charge in [0.1, 0.15) is 0 Å². The van der Waals surface area contributed by atoms with Crippen LogP contribution in [0.4, 0.5) is 5.69 Å². The average Bonchev–Trinajstić information content (AvgIpc) is 2.76. The van der Waals surface area contributed by atoms with Crippen LogP contribution in [0.1, 0.15) is 68.4 Å². The maximum atomic E-state index is 13.3. The van der Waals surface area contributed by atoms with E-state index >= 15 is 0 Å². The van der Waals surface area contributed by atoms with E-state index in [-0.39, 0.29) is 23.2 Å². The van der Waals surface area contributed by atoms with Gasteiger partial charge in [0.05, 0.1) is 11.0 Å². The molecule has 2 N–H and O–H groups in total. The second-order valence-electron chi connectivity index (χ2n) is 7.56. The monoisotopic (exact) mass is 397 g/mol. The van der Waals surface area contributed by atoms with Crippen molar-refractivity contribution in [2.75, 3.05) is 6.54 Å². The van der Waals surface area contributed by atoms with E-state index in [0.29, 0.717) is 12.1 Å². The number of nitrogens with zero attached hydrogens (tertiary/aromatic N) is 2. The molecule has 6 heteroatoms. The standard InChI is InChI=1S/C23H31N3O3/c1-4-23(24,5-2)16-9-17-25(18(3)19-10-7-6-8-11-19)22(27)20-12-14-21(15-13-20)26(28)29/h6-8,10-15,18H,4-5,9,16-17,24H2,1-3H3. The molecule has 29 heavy (non-hydrogen) atoms. The summed E-state index contributed by atoms with van der Waals surface area (Å²) in [7, 11) is 0. The highest BCUT2D eigenvalue weighted by atomic mass is 16.6. The second-order valence-corrected chi connectivity index (χ2v) is 7.56. The van der Waals surface area contributed by atoms with Crippen LogP contribution >= 0.6 is 0 Å². The summed E-state index contributed by atoms with van der Waals surface area (Å²) in [5.41, 5.74) is 7.70. The van der Waals surface area contributed by atoms with E-state index in [2.05, 4.69) is 13.8 Å². The van der Waals surface area contributed by atoms with Gasteiger partial charge in [0.15, 0.2) is 0 Å². The van der Waals surface area contributed by atoms with Gasteiger partial charge in [0.25, 0.3) is 11.6 Å². The van der Waals surface area contributed by atoms with Crippen LogP contribution in [0.3, 0.4) is 0 Å². The zero-order chi connectivity index (χ0) is 21.4. The van der Waals surface area contributed by atoms with Gasteiger partial charge in [-0.15, -0.1) is 0 Å². The Hall–Kier alpha value is -2.73. The van der Waals surface area contributed by atoms with Crippen molar-refractivity contribution in [3.8, 4) is 0 Å². The van der Waals surface area contributed by atoms with Gasteiger partial charge in [-0.2, -0.15) is 0 Å². The van der Waals surface area contributed by atoms with Gasteiger partial charge in [-0.05, 0) is 50.3 Å². The van der Waals surface area contributed by atoms with E-state index in [1.165, 1.54) is 24.3 Å². The number of rotatable bonds is 10. The van der Waals surface area contributed by atoms with Crippen LogP contribution in [0, 0.1) is 10.1 Å². The van der Waals surface area contributed by atoms with Crippen LogP contribution in [0.25, 0.3) is 0 Å². The highest BCUT2D eigenvalue weighted by molar-refractivity contribution is 5.94. The van der Waals surface area contributed by atoms with Crippen molar-refractivity contribution in [1.82, 2.24) is 4.90 Å². The largest absolute Gasteiger partial charge is 0.332 e. The van der Waals surface area contributed by atoms with Crippen molar-refractivity contribution >= 4 is 11.6 Å². The summed E-state index contributed by atoms with van der Waals surface area (Å²) in [6.45, 7) is 6.77. The molecule has 1 unspecified atom stereocenters. The first-order valence-corrected chi connectivity index (χ1v) is 10.2. The lowest BCUT2D eigenvalue weighted by molar-refractivity contribution is -0.384. The van der Waals surface area contributed by atoms with E-state index in [1.54, 1.807) is 0 Å². The third-order valence-corrected chi connectivity index (χ3v) is 5.82. The lowest BCUT2D eigenvalue weighted by atomic mass is 9.88. The van der Waals surface area contributed by atoms with Crippen molar-refractivity contribution in [2.45, 2.75) is 58.0 Å². The predicted octanol–water partition coefficient (Wildman–Crippen LogP) is 5.10. The first kappa shape index (κ1) is 22.6. The van der Waals surface area contributed by atoms with Crippen LogP contribution < -0.4 is 5.73 Å². The summed E-state index contributed by atoms with van der Waals surface area (Å²) >= 11 is 0. The van der Waals surface area contributed by atoms with Gasteiger partial charge < -0.3 is 10.6 Å². The molecule has 156 valence electrons. The van der Waals surface area contributed by atoms with E-state index in [9.17, 15) is 14.9 Å². The molecule has 1 amide bonds. The smallest absolute Gasteiger partial charge is 0.269 e. The number of hydrogen-bond donors (Lipinski definition) is 1. The highest BCUT2D eigenvalue weighted by Gasteiger charge is 2.25. The topological polar surface area (TPSA) is 89.5 Å². The Bertz CT molecular complexity index is 802. The average molecular weight is 398 g/mol. The SMILES string of the molecule is CCC(N)(CC)CCCN(C(=O)c1ccc([N+](=O)[O-])cc1)C(C)c1ccccc1. The Morgan fingerprint density at radius 1 is 1.10 bits per heavy atom. The summed E-state index contributed by atoms with van der Waals surface area (Å²) in [5, 5.41) is 10.9. The summed E-state index contributed by atoms with van der Waals surface area (Å²) in [6.07, 6.45) is 3.43. The molecule has 2 aromatic rings. The molecule has 2 aromatic carbocycles. The van der Waals surface area contributed by atoms with Crippen molar-refractivity contribution in [2.24, 2.45) is 5.73 Å². The van der Waals surface area contributed by atoms with E-state index < -0.39 is 4.92 Å².